The number of aromatic nitrogens is 15. The summed E-state index contributed by atoms with van der Waals surface area (Å²) in [6.45, 7) is 0. The molecule has 0 aliphatic carbocycles. The molecular weight excluding hydrogens is 1900 g/mol. The Hall–Kier alpha value is -9.46. The van der Waals surface area contributed by atoms with E-state index in [9.17, 15) is 0 Å². The molecule has 16 aromatic rings. The van der Waals surface area contributed by atoms with E-state index in [1.165, 1.54) is 16.3 Å². The smallest absolute Gasteiger partial charge is 0.375 e. The normalized spacial score (nSPS) is 9.43. The zero-order chi connectivity index (χ0) is 61.0. The van der Waals surface area contributed by atoms with Gasteiger partial charge < -0.3 is 4.52 Å². The molecular formula is C72H55N15OPt4S. The van der Waals surface area contributed by atoms with Gasteiger partial charge in [-0.1, -0.05) is 23.7 Å². The molecule has 0 aliphatic rings. The van der Waals surface area contributed by atoms with E-state index in [2.05, 4.69) is 93.8 Å². The fourth-order valence-electron chi connectivity index (χ4n) is 7.52. The Morgan fingerprint density at radius 3 is 0.957 bits per heavy atom. The second-order valence-electron chi connectivity index (χ2n) is 17.8. The maximum atomic E-state index is 4.70. The summed E-state index contributed by atoms with van der Waals surface area (Å²) < 4.78 is 17.8. The van der Waals surface area contributed by atoms with E-state index >= 15 is 0 Å². The Bertz CT molecular complexity index is 3580. The van der Waals surface area contributed by atoms with E-state index in [0.717, 1.165) is 62.2 Å². The van der Waals surface area contributed by atoms with Gasteiger partial charge in [-0.3, -0.25) is 23.4 Å². The molecule has 0 unspecified atom stereocenters. The molecule has 0 saturated heterocycles. The van der Waals surface area contributed by atoms with Gasteiger partial charge in [0.05, 0.1) is 12.4 Å². The van der Waals surface area contributed by atoms with Crippen LogP contribution in [0.25, 0.3) is 62.2 Å². The fourth-order valence-corrected chi connectivity index (χ4v) is 8.04. The molecule has 8 heterocycles. The van der Waals surface area contributed by atoms with Crippen LogP contribution in [0.1, 0.15) is 0 Å². The molecule has 470 valence electrons. The third kappa shape index (κ3) is 25.6. The van der Waals surface area contributed by atoms with Crippen LogP contribution in [0.4, 0.5) is 0 Å². The topological polar surface area (TPSA) is 159 Å². The predicted octanol–water partition coefficient (Wildman–Crippen LogP) is 14.4. The van der Waals surface area contributed by atoms with Crippen LogP contribution >= 0.6 is 11.5 Å². The number of rotatable bonds is 8. The number of benzene rings is 8. The van der Waals surface area contributed by atoms with Crippen LogP contribution in [0, 0.1) is 48.5 Å². The number of hydrogen-bond acceptors (Lipinski definition) is 11. The monoisotopic (exact) mass is 1960 g/mol. The van der Waals surface area contributed by atoms with Gasteiger partial charge >= 0.3 is 84.3 Å². The Kier molecular flexibility index (Phi) is 34.6. The van der Waals surface area contributed by atoms with Gasteiger partial charge in [-0.25, -0.2) is 9.47 Å². The molecule has 8 aromatic carbocycles. The fraction of sp³-hybridized carbons (Fsp3) is 0.0139. The second kappa shape index (κ2) is 43.3. The third-order valence-electron chi connectivity index (χ3n) is 11.6. The van der Waals surface area contributed by atoms with Gasteiger partial charge in [0, 0.05) is 85.3 Å². The summed E-state index contributed by atoms with van der Waals surface area (Å²) in [5.74, 6) is 0. The maximum Gasteiger partial charge on any atom is 2.00 e. The molecule has 16 nitrogen and oxygen atoms in total. The predicted molar refractivity (Wildman–Crippen MR) is 344 cm³/mol. The van der Waals surface area contributed by atoms with E-state index in [1.807, 2.05) is 280 Å². The van der Waals surface area contributed by atoms with E-state index in [-0.39, 0.29) is 84.3 Å². The summed E-state index contributed by atoms with van der Waals surface area (Å²) in [4.78, 5) is 1.53. The Balaban J connectivity index is 0.000000192. The van der Waals surface area contributed by atoms with Gasteiger partial charge in [0.2, 0.25) is 0 Å². The molecule has 0 fully saturated rings. The molecule has 0 radical (unpaired) electrons. The van der Waals surface area contributed by atoms with Crippen LogP contribution in [0.15, 0.2) is 321 Å². The molecule has 0 aliphatic heterocycles. The van der Waals surface area contributed by atoms with Gasteiger partial charge in [0.15, 0.2) is 0 Å². The first kappa shape index (κ1) is 74.3. The zero-order valence-corrected chi connectivity index (χ0v) is 59.2. The number of hydrogen-bond donors (Lipinski definition) is 0. The molecule has 0 bridgehead atoms. The summed E-state index contributed by atoms with van der Waals surface area (Å²) in [6.07, 6.45) is 21.3. The SMILES string of the molecule is Cn1ccc(-c2[c-]cccc2)n1.[Pt+2].[Pt+2].[Pt+2].[Pt+2].[c-]1ccccc1-c1ccon1.[c-]1ccccc1-c1ccsn1.[c-]1ccccc1-n1cccn1.[c-]1ccccc1-n1cccn1.[c-]1ccccc1-n1cccn1.[c-]1ccccc1-n1cccn1.[c-]1ccccc1-n1nccn1. The summed E-state index contributed by atoms with van der Waals surface area (Å²) in [6, 6.07) is 99.8. The molecule has 0 atom stereocenters. The average Bonchev–Trinajstić information content (AvgIpc) is 2.79. The first-order chi connectivity index (χ1) is 44.1. The molecule has 0 saturated carbocycles. The molecule has 8 aromatic heterocycles. The van der Waals surface area contributed by atoms with Crippen molar-refractivity contribution in [3.05, 3.63) is 365 Å². The minimum absolute atomic E-state index is 0. The minimum atomic E-state index is 0. The Morgan fingerprint density at radius 1 is 0.323 bits per heavy atom. The van der Waals surface area contributed by atoms with Gasteiger partial charge in [0.1, 0.15) is 6.26 Å². The molecule has 16 rings (SSSR count). The minimum Gasteiger partial charge on any atom is -0.375 e. The number of aryl methyl sites for hydroxylation is 1. The van der Waals surface area contributed by atoms with Crippen LogP contribution in [0.2, 0.25) is 0 Å². The summed E-state index contributed by atoms with van der Waals surface area (Å²) >= 11 is 1.46. The van der Waals surface area contributed by atoms with Gasteiger partial charge in [-0.15, -0.1) is 143 Å². The average molecular weight is 1960 g/mol. The van der Waals surface area contributed by atoms with Crippen molar-refractivity contribution < 1.29 is 88.8 Å². The van der Waals surface area contributed by atoms with Crippen molar-refractivity contribution in [3.63, 3.8) is 0 Å². The molecule has 0 spiro atoms. The largest absolute Gasteiger partial charge is 2.00 e. The van der Waals surface area contributed by atoms with Crippen molar-refractivity contribution in [3.8, 4) is 62.2 Å². The Labute approximate surface area is 602 Å². The van der Waals surface area contributed by atoms with Gasteiger partial charge in [0.25, 0.3) is 0 Å². The standard InChI is InChI=1S/C10H9N2.4C9H7N2.C9H6NO.C9H6NS.C8H6N3.4Pt/c1-12-8-7-10(11-12)9-5-3-2-4-6-9;4*1-2-5-9(6-3-1)11-8-4-7-10-11;2*1-2-4-8(5-3-1)9-6-7-11-10-9;1-2-4-8(5-3-1)11-9-6-7-10-11;;;;/h2-5,7-8H,1H3;4*1-5,7-8H;3*1-4,6-7H;;;;/q8*-1;4*+2. The first-order valence-electron chi connectivity index (χ1n) is 27.5. The van der Waals surface area contributed by atoms with E-state index in [0.29, 0.717) is 0 Å². The number of para-hydroxylation sites is 5. The van der Waals surface area contributed by atoms with Gasteiger partial charge in [-0.05, 0) is 58.8 Å². The van der Waals surface area contributed by atoms with Crippen molar-refractivity contribution in [1.82, 2.24) is 73.4 Å². The van der Waals surface area contributed by atoms with E-state index in [4.69, 9.17) is 4.52 Å². The van der Waals surface area contributed by atoms with Crippen molar-refractivity contribution in [2.24, 2.45) is 7.05 Å². The van der Waals surface area contributed by atoms with E-state index in [1.54, 1.807) is 66.9 Å². The summed E-state index contributed by atoms with van der Waals surface area (Å²) in [5.41, 5.74) is 10.6. The van der Waals surface area contributed by atoms with Crippen LogP contribution in [-0.4, -0.2) is 73.4 Å². The quantitative estimate of drug-likeness (QED) is 0.134. The van der Waals surface area contributed by atoms with Crippen LogP contribution in [0.3, 0.4) is 0 Å². The van der Waals surface area contributed by atoms with Crippen LogP contribution in [0.5, 0.6) is 0 Å². The van der Waals surface area contributed by atoms with Crippen molar-refractivity contribution >= 4 is 11.5 Å². The second-order valence-corrected chi connectivity index (χ2v) is 18.5. The first-order valence-corrected chi connectivity index (χ1v) is 28.4. The van der Waals surface area contributed by atoms with E-state index < -0.39 is 0 Å². The van der Waals surface area contributed by atoms with Crippen LogP contribution in [-0.2, 0) is 91.3 Å². The summed E-state index contributed by atoms with van der Waals surface area (Å²) in [5, 5.41) is 34.2. The molecule has 0 N–H and O–H groups in total. The number of nitrogens with zero attached hydrogens (tertiary/aromatic N) is 15. The Morgan fingerprint density at radius 2 is 0.677 bits per heavy atom. The zero-order valence-electron chi connectivity index (χ0n) is 49.3. The molecule has 21 heteroatoms. The van der Waals surface area contributed by atoms with Crippen molar-refractivity contribution in [2.45, 2.75) is 0 Å². The van der Waals surface area contributed by atoms with Crippen molar-refractivity contribution in [2.75, 3.05) is 0 Å². The maximum absolute atomic E-state index is 4.70. The third-order valence-corrected chi connectivity index (χ3v) is 12.2. The van der Waals surface area contributed by atoms with Crippen molar-refractivity contribution in [1.29, 1.82) is 0 Å². The van der Waals surface area contributed by atoms with Gasteiger partial charge in [-0.2, -0.15) is 157 Å². The molecule has 0 amide bonds. The molecule has 93 heavy (non-hydrogen) atoms. The summed E-state index contributed by atoms with van der Waals surface area (Å²) in [7, 11) is 1.91. The van der Waals surface area contributed by atoms with Crippen LogP contribution < -0.4 is 0 Å².